The van der Waals surface area contributed by atoms with E-state index in [1.807, 2.05) is 30.3 Å². The number of ether oxygens (including phenoxy) is 1. The number of alkyl halides is 1. The maximum absolute atomic E-state index is 6.02. The molecule has 1 aromatic rings. The summed E-state index contributed by atoms with van der Waals surface area (Å²) in [5.74, 6) is 0.954. The molecule has 84 valence electrons. The normalized spacial score (nSPS) is 12.4. The number of para-hydroxylation sites is 1. The third-order valence-electron chi connectivity index (χ3n) is 2.37. The zero-order valence-corrected chi connectivity index (χ0v) is 10.0. The van der Waals surface area contributed by atoms with Crippen molar-refractivity contribution in [2.75, 3.05) is 6.61 Å². The van der Waals surface area contributed by atoms with E-state index in [1.165, 1.54) is 0 Å². The van der Waals surface area contributed by atoms with Crippen LogP contribution in [0.5, 0.6) is 5.75 Å². The molecule has 1 unspecified atom stereocenters. The van der Waals surface area contributed by atoms with Crippen molar-refractivity contribution in [2.45, 2.75) is 38.0 Å². The first-order valence-electron chi connectivity index (χ1n) is 5.65. The fourth-order valence-electron chi connectivity index (χ4n) is 1.38. The van der Waals surface area contributed by atoms with Crippen LogP contribution in [0.3, 0.4) is 0 Å². The molecular weight excluding hydrogens is 208 g/mol. The average molecular weight is 227 g/mol. The van der Waals surface area contributed by atoms with Crippen molar-refractivity contribution in [1.29, 1.82) is 0 Å². The maximum atomic E-state index is 6.02. The van der Waals surface area contributed by atoms with Gasteiger partial charge in [0, 0.05) is 5.38 Å². The van der Waals surface area contributed by atoms with Crippen molar-refractivity contribution in [1.82, 2.24) is 0 Å². The summed E-state index contributed by atoms with van der Waals surface area (Å²) in [5, 5.41) is 0.335. The molecule has 0 saturated heterocycles. The molecule has 0 aliphatic rings. The van der Waals surface area contributed by atoms with E-state index in [-0.39, 0.29) is 0 Å². The van der Waals surface area contributed by atoms with E-state index in [2.05, 4.69) is 6.92 Å². The molecule has 0 aromatic heterocycles. The Balaban J connectivity index is 2.03. The van der Waals surface area contributed by atoms with Crippen LogP contribution in [-0.4, -0.2) is 12.0 Å². The van der Waals surface area contributed by atoms with E-state index in [0.717, 1.165) is 38.0 Å². The fourth-order valence-corrected chi connectivity index (χ4v) is 1.53. The molecule has 0 N–H and O–H groups in total. The van der Waals surface area contributed by atoms with E-state index < -0.39 is 0 Å². The summed E-state index contributed by atoms with van der Waals surface area (Å²) in [4.78, 5) is 0. The molecule has 2 heteroatoms. The topological polar surface area (TPSA) is 9.23 Å². The molecule has 0 bridgehead atoms. The zero-order chi connectivity index (χ0) is 10.9. The van der Waals surface area contributed by atoms with Crippen molar-refractivity contribution in [3.05, 3.63) is 30.3 Å². The number of halogens is 1. The van der Waals surface area contributed by atoms with Crippen LogP contribution < -0.4 is 4.74 Å². The second-order valence-corrected chi connectivity index (χ2v) is 4.28. The van der Waals surface area contributed by atoms with E-state index in [1.54, 1.807) is 0 Å². The van der Waals surface area contributed by atoms with Gasteiger partial charge in [-0.05, 0) is 37.8 Å². The lowest BCUT2D eigenvalue weighted by atomic mass is 10.1. The zero-order valence-electron chi connectivity index (χ0n) is 9.29. The first kappa shape index (κ1) is 12.4. The first-order chi connectivity index (χ1) is 7.33. The Bertz CT molecular complexity index is 248. The molecular formula is C13H19ClO. The minimum absolute atomic E-state index is 0.335. The molecule has 1 atom stereocenters. The predicted octanol–water partition coefficient (Wildman–Crippen LogP) is 4.25. The van der Waals surface area contributed by atoms with Crippen molar-refractivity contribution < 1.29 is 4.74 Å². The van der Waals surface area contributed by atoms with Crippen LogP contribution in [0.1, 0.15) is 32.6 Å². The van der Waals surface area contributed by atoms with Crippen molar-refractivity contribution >= 4 is 11.6 Å². The minimum atomic E-state index is 0.335. The average Bonchev–Trinajstić information content (AvgIpc) is 2.29. The molecule has 1 rings (SSSR count). The Kier molecular flexibility index (Phi) is 6.26. The summed E-state index contributed by atoms with van der Waals surface area (Å²) >= 11 is 6.02. The minimum Gasteiger partial charge on any atom is -0.494 e. The van der Waals surface area contributed by atoms with Crippen LogP contribution >= 0.6 is 11.6 Å². The third kappa shape index (κ3) is 5.68. The van der Waals surface area contributed by atoms with Crippen molar-refractivity contribution in [3.63, 3.8) is 0 Å². The molecule has 0 spiro atoms. The lowest BCUT2D eigenvalue weighted by Crippen LogP contribution is -2.00. The molecule has 0 heterocycles. The van der Waals surface area contributed by atoms with Gasteiger partial charge in [0.2, 0.25) is 0 Å². The molecule has 0 aliphatic carbocycles. The summed E-state index contributed by atoms with van der Waals surface area (Å²) in [7, 11) is 0. The van der Waals surface area contributed by atoms with Gasteiger partial charge in [0.1, 0.15) is 5.75 Å². The fraction of sp³-hybridized carbons (Fsp3) is 0.538. The van der Waals surface area contributed by atoms with E-state index in [9.17, 15) is 0 Å². The van der Waals surface area contributed by atoms with Crippen LogP contribution in [0.15, 0.2) is 30.3 Å². The van der Waals surface area contributed by atoms with Crippen molar-refractivity contribution in [3.8, 4) is 5.75 Å². The quantitative estimate of drug-likeness (QED) is 0.499. The number of hydrogen-bond donors (Lipinski definition) is 0. The summed E-state index contributed by atoms with van der Waals surface area (Å²) in [6.45, 7) is 2.91. The van der Waals surface area contributed by atoms with Gasteiger partial charge in [0.05, 0.1) is 6.61 Å². The lowest BCUT2D eigenvalue weighted by Gasteiger charge is -2.07. The van der Waals surface area contributed by atoms with Crippen LogP contribution in [0, 0.1) is 0 Å². The van der Waals surface area contributed by atoms with E-state index in [4.69, 9.17) is 16.3 Å². The van der Waals surface area contributed by atoms with Crippen LogP contribution in [0.25, 0.3) is 0 Å². The highest BCUT2D eigenvalue weighted by Gasteiger charge is 2.00. The summed E-state index contributed by atoms with van der Waals surface area (Å²) in [6.07, 6.45) is 4.38. The van der Waals surface area contributed by atoms with Gasteiger partial charge >= 0.3 is 0 Å². The van der Waals surface area contributed by atoms with Gasteiger partial charge in [0.15, 0.2) is 0 Å². The highest BCUT2D eigenvalue weighted by atomic mass is 35.5. The number of benzene rings is 1. The first-order valence-corrected chi connectivity index (χ1v) is 6.08. The maximum Gasteiger partial charge on any atom is 0.119 e. The highest BCUT2D eigenvalue weighted by molar-refractivity contribution is 6.20. The van der Waals surface area contributed by atoms with Gasteiger partial charge in [-0.15, -0.1) is 11.6 Å². The molecule has 1 aromatic carbocycles. The number of unbranched alkanes of at least 4 members (excludes halogenated alkanes) is 1. The SMILES string of the molecule is CCC(Cl)CCCCOc1ccccc1. The molecule has 0 fully saturated rings. The molecule has 0 aliphatic heterocycles. The third-order valence-corrected chi connectivity index (χ3v) is 2.89. The van der Waals surface area contributed by atoms with Crippen LogP contribution in [-0.2, 0) is 0 Å². The Morgan fingerprint density at radius 2 is 1.93 bits per heavy atom. The standard InChI is InChI=1S/C13H19ClO/c1-2-12(14)8-6-7-11-15-13-9-4-3-5-10-13/h3-5,9-10,12H,2,6-8,11H2,1H3. The monoisotopic (exact) mass is 226 g/mol. The Morgan fingerprint density at radius 1 is 1.20 bits per heavy atom. The van der Waals surface area contributed by atoms with E-state index >= 15 is 0 Å². The second-order valence-electron chi connectivity index (χ2n) is 3.66. The van der Waals surface area contributed by atoms with E-state index in [0.29, 0.717) is 5.38 Å². The lowest BCUT2D eigenvalue weighted by molar-refractivity contribution is 0.305. The molecule has 0 amide bonds. The van der Waals surface area contributed by atoms with Crippen LogP contribution in [0.2, 0.25) is 0 Å². The highest BCUT2D eigenvalue weighted by Crippen LogP contribution is 2.12. The number of rotatable bonds is 7. The van der Waals surface area contributed by atoms with Gasteiger partial charge in [-0.3, -0.25) is 0 Å². The number of hydrogen-bond acceptors (Lipinski definition) is 1. The van der Waals surface area contributed by atoms with Gasteiger partial charge in [0.25, 0.3) is 0 Å². The molecule has 0 saturated carbocycles. The Morgan fingerprint density at radius 3 is 2.60 bits per heavy atom. The molecule has 15 heavy (non-hydrogen) atoms. The van der Waals surface area contributed by atoms with Gasteiger partial charge < -0.3 is 4.74 Å². The smallest absolute Gasteiger partial charge is 0.119 e. The summed E-state index contributed by atoms with van der Waals surface area (Å²) < 4.78 is 5.58. The Hall–Kier alpha value is -0.690. The van der Waals surface area contributed by atoms with Crippen LogP contribution in [0.4, 0.5) is 0 Å². The van der Waals surface area contributed by atoms with Gasteiger partial charge in [-0.1, -0.05) is 25.1 Å². The molecule has 0 radical (unpaired) electrons. The van der Waals surface area contributed by atoms with Gasteiger partial charge in [-0.25, -0.2) is 0 Å². The predicted molar refractivity (Wildman–Crippen MR) is 65.7 cm³/mol. The van der Waals surface area contributed by atoms with Crippen molar-refractivity contribution in [2.24, 2.45) is 0 Å². The summed E-state index contributed by atoms with van der Waals surface area (Å²) in [6, 6.07) is 9.93. The Labute approximate surface area is 97.4 Å². The van der Waals surface area contributed by atoms with Gasteiger partial charge in [-0.2, -0.15) is 0 Å². The second kappa shape index (κ2) is 7.58. The molecule has 1 nitrogen and oxygen atoms in total. The largest absolute Gasteiger partial charge is 0.494 e. The summed E-state index contributed by atoms with van der Waals surface area (Å²) in [5.41, 5.74) is 0.